The molecular weight excluding hydrogens is 536 g/mol. The van der Waals surface area contributed by atoms with Crippen LogP contribution in [0, 0.1) is 0 Å². The quantitative estimate of drug-likeness (QED) is 0.106. The van der Waals surface area contributed by atoms with Crippen molar-refractivity contribution in [2.24, 2.45) is 5.73 Å². The lowest BCUT2D eigenvalue weighted by Gasteiger charge is -2.14. The molecule has 0 spiro atoms. The SMILES string of the molecule is CC(Cc1ccc(OCc2ccccc2)cc1)NCCCc1ccccc1.CCOC.CCc1cccc(O)c1.NCO. The molecule has 0 heterocycles. The lowest BCUT2D eigenvalue weighted by atomic mass is 10.1. The molecule has 0 fully saturated rings. The van der Waals surface area contributed by atoms with Crippen molar-refractivity contribution < 1.29 is 19.7 Å². The number of phenolic OH excluding ortho intramolecular Hbond substituents is 1. The molecular formula is C37H52N2O4. The predicted molar refractivity (Wildman–Crippen MR) is 179 cm³/mol. The minimum atomic E-state index is -0.250. The Hall–Kier alpha value is -3.68. The van der Waals surface area contributed by atoms with Crippen LogP contribution in [0.5, 0.6) is 11.5 Å². The first kappa shape index (κ1) is 37.3. The summed E-state index contributed by atoms with van der Waals surface area (Å²) in [5.41, 5.74) is 9.52. The van der Waals surface area contributed by atoms with Crippen molar-refractivity contribution in [3.8, 4) is 11.5 Å². The zero-order chi connectivity index (χ0) is 31.5. The first-order valence-corrected chi connectivity index (χ1v) is 15.1. The molecule has 4 aromatic rings. The first-order valence-electron chi connectivity index (χ1n) is 15.1. The predicted octanol–water partition coefficient (Wildman–Crippen LogP) is 6.92. The van der Waals surface area contributed by atoms with E-state index in [0.29, 0.717) is 18.4 Å². The Labute approximate surface area is 259 Å². The van der Waals surface area contributed by atoms with Crippen molar-refractivity contribution in [3.05, 3.63) is 131 Å². The summed E-state index contributed by atoms with van der Waals surface area (Å²) < 4.78 is 10.4. The third kappa shape index (κ3) is 19.2. The summed E-state index contributed by atoms with van der Waals surface area (Å²) in [5, 5.41) is 19.9. The molecule has 1 atom stereocenters. The van der Waals surface area contributed by atoms with E-state index in [1.165, 1.54) is 28.7 Å². The van der Waals surface area contributed by atoms with E-state index in [4.69, 9.17) is 14.9 Å². The second-order valence-electron chi connectivity index (χ2n) is 9.85. The Bertz CT molecular complexity index is 1170. The Morgan fingerprint density at radius 3 is 1.84 bits per heavy atom. The molecule has 0 aliphatic rings. The maximum Gasteiger partial charge on any atom is 0.119 e. The summed E-state index contributed by atoms with van der Waals surface area (Å²) in [4.78, 5) is 0. The van der Waals surface area contributed by atoms with Gasteiger partial charge in [0.05, 0.1) is 6.73 Å². The van der Waals surface area contributed by atoms with E-state index >= 15 is 0 Å². The highest BCUT2D eigenvalue weighted by Gasteiger charge is 2.04. The Kier molecular flexibility index (Phi) is 21.6. The zero-order valence-corrected chi connectivity index (χ0v) is 26.4. The number of nitrogens with two attached hydrogens (primary N) is 1. The zero-order valence-electron chi connectivity index (χ0n) is 26.4. The van der Waals surface area contributed by atoms with Crippen molar-refractivity contribution in [1.29, 1.82) is 0 Å². The van der Waals surface area contributed by atoms with Crippen LogP contribution in [-0.2, 0) is 30.6 Å². The van der Waals surface area contributed by atoms with Gasteiger partial charge in [0.25, 0.3) is 0 Å². The van der Waals surface area contributed by atoms with Gasteiger partial charge in [-0.3, -0.25) is 0 Å². The topological polar surface area (TPSA) is 97.0 Å². The second-order valence-corrected chi connectivity index (χ2v) is 9.85. The second kappa shape index (κ2) is 24.9. The molecule has 0 bridgehead atoms. The molecule has 6 heteroatoms. The maximum absolute atomic E-state index is 8.94. The number of phenols is 1. The molecule has 6 nitrogen and oxygen atoms in total. The van der Waals surface area contributed by atoms with Gasteiger partial charge in [-0.15, -0.1) is 0 Å². The van der Waals surface area contributed by atoms with E-state index in [-0.39, 0.29) is 6.73 Å². The number of hydrogen-bond acceptors (Lipinski definition) is 6. The standard InChI is InChI=1S/C25H29NO.C8H10O.C3H8O.CH5NO/c1-21(26-18-8-13-22-9-4-2-5-10-22)19-23-14-16-25(17-15-23)27-20-24-11-6-3-7-12-24;1-2-7-4-3-5-8(9)6-7;1-3-4-2;2-1-3/h2-7,9-12,14-17,21,26H,8,13,18-20H2,1H3;3-6,9H,2H2,1H3;3H2,1-2H3;3H,1-2H2. The highest BCUT2D eigenvalue weighted by molar-refractivity contribution is 5.28. The van der Waals surface area contributed by atoms with Gasteiger partial charge in [0.2, 0.25) is 0 Å². The number of hydrogen-bond donors (Lipinski definition) is 4. The fourth-order valence-corrected chi connectivity index (χ4v) is 3.95. The highest BCUT2D eigenvalue weighted by atomic mass is 16.5. The molecule has 4 rings (SSSR count). The lowest BCUT2D eigenvalue weighted by Crippen LogP contribution is -2.29. The van der Waals surface area contributed by atoms with Crippen LogP contribution in [0.4, 0.5) is 0 Å². The van der Waals surface area contributed by atoms with Crippen molar-refractivity contribution >= 4 is 0 Å². The number of rotatable bonds is 12. The van der Waals surface area contributed by atoms with Crippen LogP contribution in [0.25, 0.3) is 0 Å². The van der Waals surface area contributed by atoms with E-state index in [2.05, 4.69) is 96.4 Å². The third-order valence-corrected chi connectivity index (χ3v) is 6.30. The van der Waals surface area contributed by atoms with Gasteiger partial charge in [0.15, 0.2) is 0 Å². The first-order chi connectivity index (χ1) is 20.9. The molecule has 1 unspecified atom stereocenters. The van der Waals surface area contributed by atoms with Crippen molar-refractivity contribution in [3.63, 3.8) is 0 Å². The smallest absolute Gasteiger partial charge is 0.119 e. The molecule has 0 amide bonds. The average Bonchev–Trinajstić information content (AvgIpc) is 3.04. The number of aryl methyl sites for hydroxylation is 2. The van der Waals surface area contributed by atoms with Gasteiger partial charge >= 0.3 is 0 Å². The average molecular weight is 589 g/mol. The van der Waals surface area contributed by atoms with Gasteiger partial charge in [-0.2, -0.15) is 0 Å². The van der Waals surface area contributed by atoms with Crippen LogP contribution in [0.3, 0.4) is 0 Å². The number of benzene rings is 4. The van der Waals surface area contributed by atoms with E-state index in [1.807, 2.05) is 37.3 Å². The molecule has 0 saturated carbocycles. The van der Waals surface area contributed by atoms with Gasteiger partial charge in [-0.1, -0.05) is 91.9 Å². The molecule has 0 radical (unpaired) electrons. The summed E-state index contributed by atoms with van der Waals surface area (Å²) in [6.07, 6.45) is 4.31. The van der Waals surface area contributed by atoms with Gasteiger partial charge in [-0.25, -0.2) is 0 Å². The molecule has 5 N–H and O–H groups in total. The Balaban J connectivity index is 0.000000474. The minimum absolute atomic E-state index is 0.250. The van der Waals surface area contributed by atoms with Crippen molar-refractivity contribution in [2.75, 3.05) is 27.0 Å². The van der Waals surface area contributed by atoms with Gasteiger partial charge < -0.3 is 30.7 Å². The normalized spacial score (nSPS) is 10.6. The molecule has 0 saturated heterocycles. The van der Waals surface area contributed by atoms with Crippen LogP contribution in [0.15, 0.2) is 109 Å². The molecule has 0 aromatic heterocycles. The van der Waals surface area contributed by atoms with E-state index < -0.39 is 0 Å². The highest BCUT2D eigenvalue weighted by Crippen LogP contribution is 2.15. The minimum Gasteiger partial charge on any atom is -0.508 e. The van der Waals surface area contributed by atoms with Crippen LogP contribution in [-0.4, -0.2) is 43.2 Å². The molecule has 43 heavy (non-hydrogen) atoms. The summed E-state index contributed by atoms with van der Waals surface area (Å²) in [6, 6.07) is 37.2. The van der Waals surface area contributed by atoms with Crippen LogP contribution >= 0.6 is 0 Å². The largest absolute Gasteiger partial charge is 0.508 e. The van der Waals surface area contributed by atoms with Crippen LogP contribution in [0.2, 0.25) is 0 Å². The lowest BCUT2D eigenvalue weighted by molar-refractivity contribution is 0.215. The number of methoxy groups -OCH3 is 1. The van der Waals surface area contributed by atoms with E-state index in [1.54, 1.807) is 19.2 Å². The molecule has 4 aromatic carbocycles. The summed E-state index contributed by atoms with van der Waals surface area (Å²) >= 11 is 0. The summed E-state index contributed by atoms with van der Waals surface area (Å²) in [6.45, 7) is 8.50. The summed E-state index contributed by atoms with van der Waals surface area (Å²) in [5.74, 6) is 1.28. The number of aliphatic hydroxyl groups excluding tert-OH is 1. The summed E-state index contributed by atoms with van der Waals surface area (Å²) in [7, 11) is 1.68. The van der Waals surface area contributed by atoms with Crippen LogP contribution in [0.1, 0.15) is 49.4 Å². The monoisotopic (exact) mass is 588 g/mol. The molecule has 0 aliphatic carbocycles. The number of aromatic hydroxyl groups is 1. The van der Waals surface area contributed by atoms with Crippen molar-refractivity contribution in [2.45, 2.75) is 59.1 Å². The molecule has 234 valence electrons. The number of aliphatic hydroxyl groups is 1. The fraction of sp³-hybridized carbons (Fsp3) is 0.351. The van der Waals surface area contributed by atoms with Gasteiger partial charge in [0, 0.05) is 19.8 Å². The van der Waals surface area contributed by atoms with Crippen molar-refractivity contribution in [1.82, 2.24) is 5.32 Å². The third-order valence-electron chi connectivity index (χ3n) is 6.30. The number of nitrogens with one attached hydrogen (secondary N) is 1. The Morgan fingerprint density at radius 1 is 0.767 bits per heavy atom. The van der Waals surface area contributed by atoms with Gasteiger partial charge in [-0.05, 0) is 92.6 Å². The van der Waals surface area contributed by atoms with Crippen LogP contribution < -0.4 is 15.8 Å². The Morgan fingerprint density at radius 2 is 1.33 bits per heavy atom. The maximum atomic E-state index is 8.94. The number of ether oxygens (including phenoxy) is 2. The fourth-order valence-electron chi connectivity index (χ4n) is 3.95. The van der Waals surface area contributed by atoms with E-state index in [0.717, 1.165) is 38.2 Å². The van der Waals surface area contributed by atoms with Gasteiger partial charge in [0.1, 0.15) is 18.1 Å². The van der Waals surface area contributed by atoms with E-state index in [9.17, 15) is 0 Å². The molecule has 0 aliphatic heterocycles.